The number of carbonyl (C=O) groups is 2. The molecule has 0 bridgehead atoms. The minimum atomic E-state index is -1.02. The van der Waals surface area contributed by atoms with Crippen LogP contribution in [0.3, 0.4) is 0 Å². The van der Waals surface area contributed by atoms with Crippen molar-refractivity contribution in [2.75, 3.05) is 0 Å². The van der Waals surface area contributed by atoms with Crippen LogP contribution in [-0.2, 0) is 0 Å². The highest BCUT2D eigenvalue weighted by molar-refractivity contribution is 7.15. The molecule has 2 N–H and O–H groups in total. The zero-order chi connectivity index (χ0) is 13.8. The summed E-state index contributed by atoms with van der Waals surface area (Å²) < 4.78 is 0. The smallest absolute Gasteiger partial charge is 0.345 e. The third-order valence-electron chi connectivity index (χ3n) is 2.50. The molecular formula is C12H12N2O3S2. The number of rotatable bonds is 5. The van der Waals surface area contributed by atoms with Crippen molar-refractivity contribution in [2.45, 2.75) is 19.4 Å². The number of thiophene rings is 1. The molecule has 0 aliphatic rings. The van der Waals surface area contributed by atoms with Crippen LogP contribution in [0.1, 0.15) is 43.7 Å². The van der Waals surface area contributed by atoms with Gasteiger partial charge in [-0.05, 0) is 18.6 Å². The first kappa shape index (κ1) is 13.7. The highest BCUT2D eigenvalue weighted by Gasteiger charge is 2.18. The Morgan fingerprint density at radius 3 is 2.68 bits per heavy atom. The number of aromatic nitrogens is 1. The Morgan fingerprint density at radius 2 is 2.16 bits per heavy atom. The van der Waals surface area contributed by atoms with E-state index >= 15 is 0 Å². The molecule has 7 heteroatoms. The van der Waals surface area contributed by atoms with Crippen LogP contribution in [0.15, 0.2) is 23.7 Å². The predicted octanol–water partition coefficient (Wildman–Crippen LogP) is 2.78. The van der Waals surface area contributed by atoms with E-state index in [1.165, 1.54) is 23.5 Å². The lowest BCUT2D eigenvalue weighted by atomic mass is 10.2. The molecular weight excluding hydrogens is 284 g/mol. The Balaban J connectivity index is 2.09. The van der Waals surface area contributed by atoms with Gasteiger partial charge in [0, 0.05) is 11.6 Å². The Hall–Kier alpha value is -1.73. The zero-order valence-corrected chi connectivity index (χ0v) is 11.8. The second-order valence-corrected chi connectivity index (χ2v) is 5.78. The molecule has 0 aliphatic heterocycles. The summed E-state index contributed by atoms with van der Waals surface area (Å²) in [6, 6.07) is 2.83. The third-order valence-corrected chi connectivity index (χ3v) is 4.46. The number of nitrogens with zero attached hydrogens (tertiary/aromatic N) is 1. The van der Waals surface area contributed by atoms with Crippen molar-refractivity contribution < 1.29 is 14.7 Å². The topological polar surface area (TPSA) is 79.3 Å². The van der Waals surface area contributed by atoms with Crippen molar-refractivity contribution in [3.05, 3.63) is 38.5 Å². The van der Waals surface area contributed by atoms with Gasteiger partial charge in [-0.3, -0.25) is 4.79 Å². The molecule has 0 saturated heterocycles. The maximum Gasteiger partial charge on any atom is 0.345 e. The SMILES string of the molecule is CC[C@H](NC(=O)c1ccc(C(=O)O)s1)c1nccs1. The summed E-state index contributed by atoms with van der Waals surface area (Å²) in [5.74, 6) is -1.28. The van der Waals surface area contributed by atoms with E-state index in [0.29, 0.717) is 4.88 Å². The summed E-state index contributed by atoms with van der Waals surface area (Å²) in [5.41, 5.74) is 0. The van der Waals surface area contributed by atoms with E-state index in [2.05, 4.69) is 10.3 Å². The van der Waals surface area contributed by atoms with E-state index in [9.17, 15) is 9.59 Å². The second kappa shape index (κ2) is 5.94. The third kappa shape index (κ3) is 3.18. The number of aromatic carboxylic acids is 1. The van der Waals surface area contributed by atoms with E-state index < -0.39 is 5.97 Å². The maximum absolute atomic E-state index is 12.0. The van der Waals surface area contributed by atoms with Gasteiger partial charge in [-0.2, -0.15) is 0 Å². The lowest BCUT2D eigenvalue weighted by Crippen LogP contribution is -2.27. The zero-order valence-electron chi connectivity index (χ0n) is 10.1. The highest BCUT2D eigenvalue weighted by Crippen LogP contribution is 2.21. The van der Waals surface area contributed by atoms with Gasteiger partial charge >= 0.3 is 5.97 Å². The van der Waals surface area contributed by atoms with E-state index in [1.54, 1.807) is 6.20 Å². The van der Waals surface area contributed by atoms with Crippen LogP contribution in [0.5, 0.6) is 0 Å². The molecule has 19 heavy (non-hydrogen) atoms. The number of hydrogen-bond donors (Lipinski definition) is 2. The van der Waals surface area contributed by atoms with Gasteiger partial charge in [0.25, 0.3) is 5.91 Å². The molecule has 1 atom stereocenters. The van der Waals surface area contributed by atoms with Crippen LogP contribution < -0.4 is 5.32 Å². The average Bonchev–Trinajstić information content (AvgIpc) is 3.05. The van der Waals surface area contributed by atoms with Gasteiger partial charge in [0.05, 0.1) is 10.9 Å². The molecule has 0 aromatic carbocycles. The largest absolute Gasteiger partial charge is 0.477 e. The van der Waals surface area contributed by atoms with Crippen molar-refractivity contribution in [2.24, 2.45) is 0 Å². The fraction of sp³-hybridized carbons (Fsp3) is 0.250. The molecule has 1 amide bonds. The summed E-state index contributed by atoms with van der Waals surface area (Å²) >= 11 is 2.46. The Morgan fingerprint density at radius 1 is 1.42 bits per heavy atom. The van der Waals surface area contributed by atoms with Crippen LogP contribution >= 0.6 is 22.7 Å². The van der Waals surface area contributed by atoms with Gasteiger partial charge in [-0.15, -0.1) is 22.7 Å². The minimum absolute atomic E-state index is 0.136. The van der Waals surface area contributed by atoms with Crippen LogP contribution in [0, 0.1) is 0 Å². The highest BCUT2D eigenvalue weighted by atomic mass is 32.1. The van der Waals surface area contributed by atoms with Crippen molar-refractivity contribution in [3.8, 4) is 0 Å². The number of amides is 1. The van der Waals surface area contributed by atoms with Crippen molar-refractivity contribution >= 4 is 34.6 Å². The predicted molar refractivity (Wildman–Crippen MR) is 73.9 cm³/mol. The van der Waals surface area contributed by atoms with Crippen molar-refractivity contribution in [3.63, 3.8) is 0 Å². The summed E-state index contributed by atoms with van der Waals surface area (Å²) in [6.07, 6.45) is 2.43. The molecule has 0 radical (unpaired) electrons. The lowest BCUT2D eigenvalue weighted by Gasteiger charge is -2.13. The van der Waals surface area contributed by atoms with Gasteiger partial charge < -0.3 is 10.4 Å². The van der Waals surface area contributed by atoms with Crippen LogP contribution in [-0.4, -0.2) is 22.0 Å². The van der Waals surface area contributed by atoms with Crippen LogP contribution in [0.2, 0.25) is 0 Å². The monoisotopic (exact) mass is 296 g/mol. The van der Waals surface area contributed by atoms with Gasteiger partial charge in [0.1, 0.15) is 9.88 Å². The maximum atomic E-state index is 12.0. The molecule has 2 heterocycles. The Bertz CT molecular complexity index is 578. The van der Waals surface area contributed by atoms with E-state index in [-0.39, 0.29) is 16.8 Å². The quantitative estimate of drug-likeness (QED) is 0.889. The van der Waals surface area contributed by atoms with Gasteiger partial charge in [0.2, 0.25) is 0 Å². The lowest BCUT2D eigenvalue weighted by molar-refractivity contribution is 0.0702. The first-order valence-corrected chi connectivity index (χ1v) is 7.34. The molecule has 0 spiro atoms. The summed E-state index contributed by atoms with van der Waals surface area (Å²) in [7, 11) is 0. The Kier molecular flexibility index (Phi) is 4.28. The Labute approximate surface area is 117 Å². The molecule has 100 valence electrons. The first-order valence-electron chi connectivity index (χ1n) is 5.65. The van der Waals surface area contributed by atoms with Crippen molar-refractivity contribution in [1.82, 2.24) is 10.3 Å². The summed E-state index contributed by atoms with van der Waals surface area (Å²) in [6.45, 7) is 1.96. The molecule has 0 unspecified atom stereocenters. The molecule has 0 saturated carbocycles. The standard InChI is InChI=1S/C12H12N2O3S2/c1-2-7(11-13-5-6-18-11)14-10(15)8-3-4-9(19-8)12(16)17/h3-7H,2H2,1H3,(H,14,15)(H,16,17)/t7-/m0/s1. The van der Waals surface area contributed by atoms with Gasteiger partial charge in [-0.1, -0.05) is 6.92 Å². The molecule has 0 fully saturated rings. The van der Waals surface area contributed by atoms with Crippen LogP contribution in [0.25, 0.3) is 0 Å². The molecule has 2 aromatic heterocycles. The molecule has 5 nitrogen and oxygen atoms in total. The fourth-order valence-corrected chi connectivity index (χ4v) is 3.07. The summed E-state index contributed by atoms with van der Waals surface area (Å²) in [4.78, 5) is 27.5. The molecule has 2 rings (SSSR count). The number of carbonyl (C=O) groups excluding carboxylic acids is 1. The van der Waals surface area contributed by atoms with Gasteiger partial charge in [-0.25, -0.2) is 9.78 Å². The van der Waals surface area contributed by atoms with E-state index in [4.69, 9.17) is 5.11 Å². The van der Waals surface area contributed by atoms with Crippen LogP contribution in [0.4, 0.5) is 0 Å². The number of hydrogen-bond acceptors (Lipinski definition) is 5. The first-order chi connectivity index (χ1) is 9.11. The van der Waals surface area contributed by atoms with Gasteiger partial charge in [0.15, 0.2) is 0 Å². The summed E-state index contributed by atoms with van der Waals surface area (Å²) in [5, 5.41) is 14.4. The molecule has 2 aromatic rings. The van der Waals surface area contributed by atoms with E-state index in [1.807, 2.05) is 12.3 Å². The number of thiazole rings is 1. The minimum Gasteiger partial charge on any atom is -0.477 e. The van der Waals surface area contributed by atoms with Crippen molar-refractivity contribution in [1.29, 1.82) is 0 Å². The number of carboxylic acid groups (broad SMARTS) is 1. The fourth-order valence-electron chi connectivity index (χ4n) is 1.55. The number of carboxylic acids is 1. The second-order valence-electron chi connectivity index (χ2n) is 3.77. The molecule has 0 aliphatic carbocycles. The normalized spacial score (nSPS) is 12.1. The average molecular weight is 296 g/mol. The number of nitrogens with one attached hydrogen (secondary N) is 1. The van der Waals surface area contributed by atoms with E-state index in [0.717, 1.165) is 22.8 Å².